The lowest BCUT2D eigenvalue weighted by atomic mass is 9.99. The number of phenols is 1. The van der Waals surface area contributed by atoms with Crippen molar-refractivity contribution >= 4 is 32.6 Å². The van der Waals surface area contributed by atoms with Crippen LogP contribution in [0.2, 0.25) is 0 Å². The van der Waals surface area contributed by atoms with E-state index in [1.807, 2.05) is 28.8 Å². The fourth-order valence-electron chi connectivity index (χ4n) is 3.50. The number of benzene rings is 3. The van der Waals surface area contributed by atoms with Crippen molar-refractivity contribution in [3.05, 3.63) is 62.9 Å². The van der Waals surface area contributed by atoms with Crippen LogP contribution in [0.25, 0.3) is 32.6 Å². The van der Waals surface area contributed by atoms with E-state index in [0.717, 1.165) is 34.4 Å². The molecule has 0 saturated carbocycles. The molecule has 0 aliphatic rings. The first-order chi connectivity index (χ1) is 11.6. The highest BCUT2D eigenvalue weighted by Gasteiger charge is 2.15. The van der Waals surface area contributed by atoms with Crippen LogP contribution in [0.5, 0.6) is 5.75 Å². The van der Waals surface area contributed by atoms with Crippen LogP contribution in [-0.4, -0.2) is 9.67 Å². The van der Waals surface area contributed by atoms with E-state index < -0.39 is 5.43 Å². The third-order valence-corrected chi connectivity index (χ3v) is 4.64. The smallest absolute Gasteiger partial charge is 0.222 e. The number of aryl methyl sites for hydroxylation is 1. The van der Waals surface area contributed by atoms with Gasteiger partial charge in [0.05, 0.1) is 11.0 Å². The average Bonchev–Trinajstić information content (AvgIpc) is 2.58. The molecule has 1 N–H and O–H groups in total. The number of aromatic hydroxyl groups is 1. The normalized spacial score (nSPS) is 11.7. The highest BCUT2D eigenvalue weighted by atomic mass is 16.3. The van der Waals surface area contributed by atoms with Gasteiger partial charge in [-0.05, 0) is 29.3 Å². The van der Waals surface area contributed by atoms with E-state index in [9.17, 15) is 14.7 Å². The number of rotatable bonds is 3. The summed E-state index contributed by atoms with van der Waals surface area (Å²) in [6.45, 7) is 2.75. The molecule has 4 nitrogen and oxygen atoms in total. The van der Waals surface area contributed by atoms with Gasteiger partial charge in [0, 0.05) is 23.4 Å². The van der Waals surface area contributed by atoms with Crippen LogP contribution in [0, 0.1) is 0 Å². The largest absolute Gasteiger partial charge is 0.504 e. The van der Waals surface area contributed by atoms with Crippen molar-refractivity contribution in [2.45, 2.75) is 26.3 Å². The van der Waals surface area contributed by atoms with E-state index in [1.165, 1.54) is 12.1 Å². The van der Waals surface area contributed by atoms with Crippen molar-refractivity contribution in [2.24, 2.45) is 0 Å². The molecular formula is C20H17NO3. The Hall–Kier alpha value is -2.88. The number of unbranched alkanes of at least 4 members (excludes halogenated alkanes) is 1. The van der Waals surface area contributed by atoms with E-state index in [0.29, 0.717) is 17.6 Å². The Kier molecular flexibility index (Phi) is 3.27. The number of aromatic nitrogens is 1. The zero-order valence-electron chi connectivity index (χ0n) is 13.4. The topological polar surface area (TPSA) is 59.3 Å². The fraction of sp³-hybridized carbons (Fsp3) is 0.200. The first-order valence-electron chi connectivity index (χ1n) is 8.16. The maximum Gasteiger partial charge on any atom is 0.222 e. The summed E-state index contributed by atoms with van der Waals surface area (Å²) in [5.74, 6) is -0.261. The summed E-state index contributed by atoms with van der Waals surface area (Å²) in [6.07, 6.45) is 1.90. The van der Waals surface area contributed by atoms with Gasteiger partial charge in [-0.25, -0.2) is 0 Å². The van der Waals surface area contributed by atoms with Gasteiger partial charge in [-0.15, -0.1) is 0 Å². The molecule has 0 amide bonds. The van der Waals surface area contributed by atoms with Crippen molar-refractivity contribution in [1.29, 1.82) is 0 Å². The van der Waals surface area contributed by atoms with Gasteiger partial charge in [-0.3, -0.25) is 9.59 Å². The highest BCUT2D eigenvalue weighted by Crippen LogP contribution is 2.32. The lowest BCUT2D eigenvalue weighted by molar-refractivity contribution is 0.471. The molecule has 0 spiro atoms. The summed E-state index contributed by atoms with van der Waals surface area (Å²) in [6, 6.07) is 12.2. The molecule has 120 valence electrons. The summed E-state index contributed by atoms with van der Waals surface area (Å²) in [5.41, 5.74) is 0.871. The molecule has 24 heavy (non-hydrogen) atoms. The van der Waals surface area contributed by atoms with E-state index in [-0.39, 0.29) is 11.2 Å². The van der Waals surface area contributed by atoms with Crippen LogP contribution in [-0.2, 0) is 6.54 Å². The fourth-order valence-corrected chi connectivity index (χ4v) is 3.50. The van der Waals surface area contributed by atoms with Crippen LogP contribution in [0.1, 0.15) is 19.8 Å². The van der Waals surface area contributed by atoms with Crippen molar-refractivity contribution in [1.82, 2.24) is 4.57 Å². The summed E-state index contributed by atoms with van der Waals surface area (Å²) in [5, 5.41) is 13.5. The molecule has 1 aromatic heterocycles. The molecule has 0 fully saturated rings. The number of hydrogen-bond donors (Lipinski definition) is 1. The number of phenolic OH excluding ortho intramolecular Hbond substituents is 1. The molecule has 4 heteroatoms. The third kappa shape index (κ3) is 1.99. The molecular weight excluding hydrogens is 302 g/mol. The lowest BCUT2D eigenvalue weighted by Crippen LogP contribution is -2.13. The summed E-state index contributed by atoms with van der Waals surface area (Å²) < 4.78 is 1.94. The van der Waals surface area contributed by atoms with Crippen molar-refractivity contribution in [3.8, 4) is 5.75 Å². The van der Waals surface area contributed by atoms with E-state index in [1.54, 1.807) is 6.07 Å². The molecule has 0 bridgehead atoms. The van der Waals surface area contributed by atoms with Gasteiger partial charge in [0.15, 0.2) is 5.75 Å². The highest BCUT2D eigenvalue weighted by molar-refractivity contribution is 6.19. The summed E-state index contributed by atoms with van der Waals surface area (Å²) in [7, 11) is 0. The molecule has 3 aromatic carbocycles. The molecule has 0 radical (unpaired) electrons. The molecule has 0 saturated heterocycles. The van der Waals surface area contributed by atoms with Gasteiger partial charge in [0.1, 0.15) is 0 Å². The minimum Gasteiger partial charge on any atom is -0.504 e. The molecule has 0 aliphatic heterocycles. The SMILES string of the molecule is CCCCn1c2cc(=O)c(O)cc2c2cccc3ccc(=O)c1c32. The molecule has 4 aromatic rings. The number of hydrogen-bond acceptors (Lipinski definition) is 3. The Bertz CT molecular complexity index is 1190. The van der Waals surface area contributed by atoms with Gasteiger partial charge in [-0.1, -0.05) is 37.6 Å². The van der Waals surface area contributed by atoms with Crippen molar-refractivity contribution < 1.29 is 5.11 Å². The standard InChI is InChI=1S/C20H17NO3/c1-2-3-9-21-15-11-18(24)17(23)10-14(15)13-6-4-5-12-7-8-16(22)20(21)19(12)13/h4-8,10-11,23H,2-3,9H2,1H3. The van der Waals surface area contributed by atoms with Gasteiger partial charge in [0.2, 0.25) is 10.9 Å². The Morgan fingerprint density at radius 2 is 1.83 bits per heavy atom. The first kappa shape index (κ1) is 14.7. The van der Waals surface area contributed by atoms with Gasteiger partial charge in [0.25, 0.3) is 0 Å². The van der Waals surface area contributed by atoms with Crippen LogP contribution in [0.3, 0.4) is 0 Å². The second-order valence-corrected chi connectivity index (χ2v) is 6.16. The van der Waals surface area contributed by atoms with E-state index >= 15 is 0 Å². The minimum atomic E-state index is -0.422. The Morgan fingerprint density at radius 1 is 1.00 bits per heavy atom. The molecule has 4 rings (SSSR count). The van der Waals surface area contributed by atoms with Crippen LogP contribution in [0.4, 0.5) is 0 Å². The maximum atomic E-state index is 12.6. The second-order valence-electron chi connectivity index (χ2n) is 6.16. The van der Waals surface area contributed by atoms with Crippen LogP contribution in [0.15, 0.2) is 52.1 Å². The molecule has 0 atom stereocenters. The van der Waals surface area contributed by atoms with Crippen LogP contribution >= 0.6 is 0 Å². The molecule has 0 unspecified atom stereocenters. The van der Waals surface area contributed by atoms with Crippen molar-refractivity contribution in [2.75, 3.05) is 0 Å². The Labute approximate surface area is 137 Å². The van der Waals surface area contributed by atoms with E-state index in [4.69, 9.17) is 0 Å². The summed E-state index contributed by atoms with van der Waals surface area (Å²) >= 11 is 0. The van der Waals surface area contributed by atoms with Crippen molar-refractivity contribution in [3.63, 3.8) is 0 Å². The van der Waals surface area contributed by atoms with Gasteiger partial charge < -0.3 is 9.67 Å². The number of pyridine rings is 1. The maximum absolute atomic E-state index is 12.6. The Balaban J connectivity index is 2.34. The Morgan fingerprint density at radius 3 is 2.62 bits per heavy atom. The number of fused-ring (bicyclic) bond motifs is 2. The monoisotopic (exact) mass is 319 g/mol. The third-order valence-electron chi connectivity index (χ3n) is 4.64. The average molecular weight is 319 g/mol. The van der Waals surface area contributed by atoms with Gasteiger partial charge in [-0.2, -0.15) is 0 Å². The zero-order valence-corrected chi connectivity index (χ0v) is 13.4. The quantitative estimate of drug-likeness (QED) is 0.463. The molecule has 1 heterocycles. The summed E-state index contributed by atoms with van der Waals surface area (Å²) in [4.78, 5) is 24.6. The predicted molar refractivity (Wildman–Crippen MR) is 97.2 cm³/mol. The second kappa shape index (κ2) is 5.34. The molecule has 0 aliphatic carbocycles. The first-order valence-corrected chi connectivity index (χ1v) is 8.16. The zero-order chi connectivity index (χ0) is 16.8. The van der Waals surface area contributed by atoms with Crippen LogP contribution < -0.4 is 10.9 Å². The minimum absolute atomic E-state index is 0.0442. The van der Waals surface area contributed by atoms with E-state index in [2.05, 4.69) is 6.92 Å². The predicted octanol–water partition coefficient (Wildman–Crippen LogP) is 3.61. The number of nitrogens with zero attached hydrogens (tertiary/aromatic N) is 1. The van der Waals surface area contributed by atoms with Gasteiger partial charge >= 0.3 is 0 Å². The lowest BCUT2D eigenvalue weighted by Gasteiger charge is -2.17.